The van der Waals surface area contributed by atoms with Gasteiger partial charge in [-0.1, -0.05) is 53.0 Å². The van der Waals surface area contributed by atoms with E-state index in [0.717, 1.165) is 0 Å². The molecule has 24 heavy (non-hydrogen) atoms. The lowest BCUT2D eigenvalue weighted by atomic mass is 10.2. The second-order valence-corrected chi connectivity index (χ2v) is 5.73. The van der Waals surface area contributed by atoms with E-state index in [0.29, 0.717) is 5.56 Å². The van der Waals surface area contributed by atoms with Crippen LogP contribution in [0.15, 0.2) is 42.5 Å². The minimum absolute atomic E-state index is 0.0372. The van der Waals surface area contributed by atoms with E-state index >= 15 is 0 Å². The zero-order valence-electron chi connectivity index (χ0n) is 12.0. The van der Waals surface area contributed by atoms with Gasteiger partial charge in [-0.05, 0) is 24.3 Å². The van der Waals surface area contributed by atoms with Gasteiger partial charge in [0, 0.05) is 5.56 Å². The molecular weight excluding hydrogens is 377 g/mol. The number of imide groups is 1. The molecule has 2 rings (SSSR count). The number of hydrogen-bond donors (Lipinski definition) is 1. The van der Waals surface area contributed by atoms with Crippen LogP contribution >= 0.6 is 34.8 Å². The highest BCUT2D eigenvalue weighted by Gasteiger charge is 2.20. The SMILES string of the molecule is O=C(COC(=O)c1c(Cl)ccc(Cl)c1Cl)NC(=O)c1ccccc1. The summed E-state index contributed by atoms with van der Waals surface area (Å²) in [6.45, 7) is -0.670. The fraction of sp³-hybridized carbons (Fsp3) is 0.0625. The standard InChI is InChI=1S/C16H10Cl3NO4/c17-10-6-7-11(18)14(19)13(10)16(23)24-8-12(21)20-15(22)9-4-2-1-3-5-9/h1-7H,8H2,(H,20,21,22). The van der Waals surface area contributed by atoms with Crippen molar-refractivity contribution in [1.82, 2.24) is 5.32 Å². The molecule has 8 heteroatoms. The third-order valence-electron chi connectivity index (χ3n) is 2.87. The summed E-state index contributed by atoms with van der Waals surface area (Å²) in [5.74, 6) is -2.31. The van der Waals surface area contributed by atoms with Crippen LogP contribution in [0, 0.1) is 0 Å². The molecule has 0 heterocycles. The highest BCUT2D eigenvalue weighted by molar-refractivity contribution is 6.46. The summed E-state index contributed by atoms with van der Waals surface area (Å²) in [7, 11) is 0. The Morgan fingerprint density at radius 2 is 1.54 bits per heavy atom. The Morgan fingerprint density at radius 1 is 0.917 bits per heavy atom. The van der Waals surface area contributed by atoms with Crippen molar-refractivity contribution in [2.45, 2.75) is 0 Å². The molecule has 0 fully saturated rings. The van der Waals surface area contributed by atoms with E-state index in [9.17, 15) is 14.4 Å². The van der Waals surface area contributed by atoms with Gasteiger partial charge < -0.3 is 4.74 Å². The van der Waals surface area contributed by atoms with Crippen molar-refractivity contribution >= 4 is 52.6 Å². The highest BCUT2D eigenvalue weighted by Crippen LogP contribution is 2.31. The van der Waals surface area contributed by atoms with Gasteiger partial charge in [-0.2, -0.15) is 0 Å². The first-order chi connectivity index (χ1) is 11.4. The van der Waals surface area contributed by atoms with Gasteiger partial charge in [0.2, 0.25) is 0 Å². The van der Waals surface area contributed by atoms with Crippen LogP contribution in [0.4, 0.5) is 0 Å². The van der Waals surface area contributed by atoms with E-state index in [1.807, 2.05) is 0 Å². The van der Waals surface area contributed by atoms with Crippen molar-refractivity contribution in [3.63, 3.8) is 0 Å². The number of carbonyl (C=O) groups excluding carboxylic acids is 3. The van der Waals surface area contributed by atoms with Gasteiger partial charge in [-0.25, -0.2) is 4.79 Å². The molecule has 0 spiro atoms. The number of esters is 1. The third-order valence-corrected chi connectivity index (χ3v) is 3.99. The van der Waals surface area contributed by atoms with Crippen LogP contribution in [0.3, 0.4) is 0 Å². The number of ether oxygens (including phenoxy) is 1. The van der Waals surface area contributed by atoms with Crippen molar-refractivity contribution in [3.8, 4) is 0 Å². The maximum atomic E-state index is 12.0. The molecule has 0 unspecified atom stereocenters. The van der Waals surface area contributed by atoms with E-state index in [1.165, 1.54) is 12.1 Å². The number of halogens is 3. The number of benzene rings is 2. The second kappa shape index (κ2) is 8.15. The fourth-order valence-electron chi connectivity index (χ4n) is 1.74. The molecule has 0 aromatic heterocycles. The topological polar surface area (TPSA) is 72.5 Å². The van der Waals surface area contributed by atoms with Gasteiger partial charge in [0.05, 0.1) is 20.6 Å². The van der Waals surface area contributed by atoms with Crippen LogP contribution in [0.2, 0.25) is 15.1 Å². The molecule has 0 aliphatic carbocycles. The molecule has 0 bridgehead atoms. The van der Waals surface area contributed by atoms with Gasteiger partial charge in [0.1, 0.15) is 0 Å². The lowest BCUT2D eigenvalue weighted by Crippen LogP contribution is -2.34. The Hall–Kier alpha value is -2.08. The van der Waals surface area contributed by atoms with E-state index < -0.39 is 24.4 Å². The zero-order chi connectivity index (χ0) is 17.7. The largest absolute Gasteiger partial charge is 0.452 e. The first-order valence-corrected chi connectivity index (χ1v) is 7.73. The highest BCUT2D eigenvalue weighted by atomic mass is 35.5. The first kappa shape index (κ1) is 18.3. The molecule has 0 saturated heterocycles. The minimum atomic E-state index is -0.921. The Labute approximate surface area is 152 Å². The monoisotopic (exact) mass is 385 g/mol. The summed E-state index contributed by atoms with van der Waals surface area (Å²) in [6.07, 6.45) is 0. The molecule has 5 nitrogen and oxygen atoms in total. The van der Waals surface area contributed by atoms with Crippen LogP contribution < -0.4 is 5.32 Å². The molecule has 2 aromatic carbocycles. The summed E-state index contributed by atoms with van der Waals surface area (Å²) in [5.41, 5.74) is 0.158. The molecule has 0 aliphatic heterocycles. The van der Waals surface area contributed by atoms with Gasteiger partial charge in [-0.3, -0.25) is 14.9 Å². The van der Waals surface area contributed by atoms with Crippen LogP contribution in [0.1, 0.15) is 20.7 Å². The number of amides is 2. The van der Waals surface area contributed by atoms with E-state index in [-0.39, 0.29) is 20.6 Å². The van der Waals surface area contributed by atoms with E-state index in [2.05, 4.69) is 5.32 Å². The summed E-state index contributed by atoms with van der Waals surface area (Å²) in [4.78, 5) is 35.5. The lowest BCUT2D eigenvalue weighted by Gasteiger charge is -2.09. The van der Waals surface area contributed by atoms with Crippen molar-refractivity contribution < 1.29 is 19.1 Å². The predicted octanol–water partition coefficient (Wildman–Crippen LogP) is 3.76. The summed E-state index contributed by atoms with van der Waals surface area (Å²) >= 11 is 17.6. The number of hydrogen-bond acceptors (Lipinski definition) is 4. The van der Waals surface area contributed by atoms with Gasteiger partial charge in [-0.15, -0.1) is 0 Å². The van der Waals surface area contributed by atoms with Crippen LogP contribution in [0.5, 0.6) is 0 Å². The maximum Gasteiger partial charge on any atom is 0.341 e. The van der Waals surface area contributed by atoms with Gasteiger partial charge in [0.15, 0.2) is 6.61 Å². The molecule has 124 valence electrons. The predicted molar refractivity (Wildman–Crippen MR) is 90.7 cm³/mol. The quantitative estimate of drug-likeness (QED) is 0.641. The lowest BCUT2D eigenvalue weighted by molar-refractivity contribution is -0.123. The summed E-state index contributed by atoms with van der Waals surface area (Å²) < 4.78 is 4.81. The average Bonchev–Trinajstić information content (AvgIpc) is 2.57. The maximum absolute atomic E-state index is 12.0. The first-order valence-electron chi connectivity index (χ1n) is 6.60. The average molecular weight is 387 g/mol. The molecular formula is C16H10Cl3NO4. The van der Waals surface area contributed by atoms with Crippen molar-refractivity contribution in [1.29, 1.82) is 0 Å². The molecule has 2 amide bonds. The van der Waals surface area contributed by atoms with E-state index in [1.54, 1.807) is 30.3 Å². The number of nitrogens with one attached hydrogen (secondary N) is 1. The van der Waals surface area contributed by atoms with Crippen LogP contribution in [-0.2, 0) is 9.53 Å². The Bertz CT molecular complexity index is 793. The Morgan fingerprint density at radius 3 is 2.21 bits per heavy atom. The molecule has 1 N–H and O–H groups in total. The van der Waals surface area contributed by atoms with Crippen molar-refractivity contribution in [2.75, 3.05) is 6.61 Å². The van der Waals surface area contributed by atoms with E-state index in [4.69, 9.17) is 39.5 Å². The number of rotatable bonds is 4. The van der Waals surface area contributed by atoms with Gasteiger partial charge >= 0.3 is 5.97 Å². The molecule has 2 aromatic rings. The zero-order valence-corrected chi connectivity index (χ0v) is 14.3. The Kier molecular flexibility index (Phi) is 6.20. The summed E-state index contributed by atoms with van der Waals surface area (Å²) in [6, 6.07) is 10.9. The molecule has 0 aliphatic rings. The smallest absolute Gasteiger partial charge is 0.341 e. The molecule has 0 radical (unpaired) electrons. The third kappa shape index (κ3) is 4.47. The van der Waals surface area contributed by atoms with Gasteiger partial charge in [0.25, 0.3) is 11.8 Å². The van der Waals surface area contributed by atoms with Crippen molar-refractivity contribution in [3.05, 3.63) is 68.7 Å². The normalized spacial score (nSPS) is 10.1. The molecule has 0 saturated carbocycles. The number of carbonyl (C=O) groups is 3. The Balaban J connectivity index is 1.96. The fourth-order valence-corrected chi connectivity index (χ4v) is 2.42. The molecule has 0 atom stereocenters. The second-order valence-electron chi connectivity index (χ2n) is 4.54. The minimum Gasteiger partial charge on any atom is -0.452 e. The van der Waals surface area contributed by atoms with Crippen LogP contribution in [-0.4, -0.2) is 24.4 Å². The van der Waals surface area contributed by atoms with Crippen molar-refractivity contribution in [2.24, 2.45) is 0 Å². The summed E-state index contributed by atoms with van der Waals surface area (Å²) in [5, 5.41) is 2.18. The van der Waals surface area contributed by atoms with Crippen LogP contribution in [0.25, 0.3) is 0 Å².